The van der Waals surface area contributed by atoms with Crippen molar-refractivity contribution in [1.82, 2.24) is 19.8 Å². The molecule has 0 unspecified atom stereocenters. The maximum atomic E-state index is 5.67. The molecule has 0 radical (unpaired) electrons. The highest BCUT2D eigenvalue weighted by atomic mass is 32.1. The summed E-state index contributed by atoms with van der Waals surface area (Å²) < 4.78 is 7.53. The van der Waals surface area contributed by atoms with Gasteiger partial charge < -0.3 is 19.5 Å². The highest BCUT2D eigenvalue weighted by molar-refractivity contribution is 7.80. The predicted molar refractivity (Wildman–Crippen MR) is 103 cm³/mol. The maximum Gasteiger partial charge on any atom is 0.170 e. The Hall–Kier alpha value is -1.92. The number of nitrogens with zero attached hydrogens (tertiary/aromatic N) is 3. The summed E-state index contributed by atoms with van der Waals surface area (Å²) in [6.07, 6.45) is 3.95. The van der Waals surface area contributed by atoms with Gasteiger partial charge in [-0.15, -0.1) is 0 Å². The molecule has 0 saturated carbocycles. The Kier molecular flexibility index (Phi) is 5.71. The zero-order valence-corrected chi connectivity index (χ0v) is 15.9. The lowest BCUT2D eigenvalue weighted by Crippen LogP contribution is -2.33. The van der Waals surface area contributed by atoms with Gasteiger partial charge in [-0.3, -0.25) is 4.98 Å². The van der Waals surface area contributed by atoms with Gasteiger partial charge in [-0.1, -0.05) is 19.9 Å². The average molecular weight is 359 g/mol. The Morgan fingerprint density at radius 1 is 1.28 bits per heavy atom. The number of ether oxygens (including phenoxy) is 1. The molecule has 3 rings (SSSR count). The second-order valence-corrected chi connectivity index (χ2v) is 7.18. The fourth-order valence-corrected chi connectivity index (χ4v) is 3.72. The van der Waals surface area contributed by atoms with Crippen molar-refractivity contribution in [3.05, 3.63) is 54.1 Å². The average Bonchev–Trinajstić information content (AvgIpc) is 3.18. The van der Waals surface area contributed by atoms with Crippen LogP contribution in [-0.4, -0.2) is 39.8 Å². The first-order valence-electron chi connectivity index (χ1n) is 8.74. The monoisotopic (exact) mass is 358 g/mol. The largest absolute Gasteiger partial charge is 0.383 e. The first-order chi connectivity index (χ1) is 12.1. The lowest BCUT2D eigenvalue weighted by atomic mass is 10.0. The van der Waals surface area contributed by atoms with Gasteiger partial charge in [-0.25, -0.2) is 0 Å². The molecule has 0 aliphatic carbocycles. The lowest BCUT2D eigenvalue weighted by molar-refractivity contribution is 0.183. The second kappa shape index (κ2) is 7.97. The van der Waals surface area contributed by atoms with E-state index in [1.165, 1.54) is 5.69 Å². The van der Waals surface area contributed by atoms with Gasteiger partial charge in [0.1, 0.15) is 0 Å². The highest BCUT2D eigenvalue weighted by Crippen LogP contribution is 2.39. The summed E-state index contributed by atoms with van der Waals surface area (Å²) in [5, 5.41) is 4.30. The van der Waals surface area contributed by atoms with Crippen LogP contribution in [0.3, 0.4) is 0 Å². The van der Waals surface area contributed by atoms with Crippen molar-refractivity contribution in [2.24, 2.45) is 5.92 Å². The molecule has 1 fully saturated rings. The molecule has 1 aliphatic heterocycles. The number of hydrogen-bond donors (Lipinski definition) is 1. The minimum absolute atomic E-state index is 0.0450. The van der Waals surface area contributed by atoms with Gasteiger partial charge in [0.2, 0.25) is 0 Å². The number of rotatable bonds is 7. The summed E-state index contributed by atoms with van der Waals surface area (Å²) in [5.41, 5.74) is 2.25. The van der Waals surface area contributed by atoms with Crippen LogP contribution >= 0.6 is 12.2 Å². The van der Waals surface area contributed by atoms with E-state index < -0.39 is 0 Å². The summed E-state index contributed by atoms with van der Waals surface area (Å²) in [6.45, 7) is 6.86. The topological polar surface area (TPSA) is 42.3 Å². The van der Waals surface area contributed by atoms with Crippen LogP contribution in [0.25, 0.3) is 0 Å². The Balaban J connectivity index is 1.99. The van der Waals surface area contributed by atoms with Crippen LogP contribution in [-0.2, 0) is 11.3 Å². The van der Waals surface area contributed by atoms with Gasteiger partial charge in [0, 0.05) is 38.3 Å². The molecule has 0 spiro atoms. The molecule has 0 amide bonds. The Bertz CT molecular complexity index is 700. The molecular formula is C19H26N4OS. The predicted octanol–water partition coefficient (Wildman–Crippen LogP) is 3.16. The van der Waals surface area contributed by atoms with E-state index >= 15 is 0 Å². The number of pyridine rings is 1. The van der Waals surface area contributed by atoms with Crippen molar-refractivity contribution >= 4 is 17.3 Å². The van der Waals surface area contributed by atoms with Crippen LogP contribution in [0.15, 0.2) is 42.7 Å². The second-order valence-electron chi connectivity index (χ2n) is 6.79. The van der Waals surface area contributed by atoms with E-state index in [2.05, 4.69) is 58.0 Å². The van der Waals surface area contributed by atoms with Crippen LogP contribution in [0.4, 0.5) is 0 Å². The molecule has 0 bridgehead atoms. The molecule has 1 saturated heterocycles. The van der Waals surface area contributed by atoms with E-state index in [1.54, 1.807) is 7.11 Å². The first kappa shape index (κ1) is 17.9. The van der Waals surface area contributed by atoms with E-state index in [1.807, 2.05) is 18.3 Å². The van der Waals surface area contributed by atoms with Crippen molar-refractivity contribution in [3.63, 3.8) is 0 Å². The Morgan fingerprint density at radius 3 is 2.80 bits per heavy atom. The van der Waals surface area contributed by atoms with Crippen molar-refractivity contribution in [3.8, 4) is 0 Å². The van der Waals surface area contributed by atoms with E-state index in [9.17, 15) is 0 Å². The van der Waals surface area contributed by atoms with Crippen LogP contribution in [0.1, 0.15) is 37.3 Å². The molecule has 1 aliphatic rings. The molecule has 2 atom stereocenters. The van der Waals surface area contributed by atoms with Gasteiger partial charge >= 0.3 is 0 Å². The lowest BCUT2D eigenvalue weighted by Gasteiger charge is -2.30. The molecule has 1 N–H and O–H groups in total. The Morgan fingerprint density at radius 2 is 2.12 bits per heavy atom. The van der Waals surface area contributed by atoms with Crippen molar-refractivity contribution in [2.45, 2.75) is 32.5 Å². The van der Waals surface area contributed by atoms with Gasteiger partial charge in [-0.2, -0.15) is 0 Å². The van der Waals surface area contributed by atoms with Crippen LogP contribution < -0.4 is 5.32 Å². The van der Waals surface area contributed by atoms with Crippen molar-refractivity contribution < 1.29 is 4.74 Å². The summed E-state index contributed by atoms with van der Waals surface area (Å²) in [5.74, 6) is 0.520. The summed E-state index contributed by atoms with van der Waals surface area (Å²) in [7, 11) is 1.73. The third kappa shape index (κ3) is 3.85. The number of hydrogen-bond acceptors (Lipinski definition) is 3. The molecule has 25 heavy (non-hydrogen) atoms. The van der Waals surface area contributed by atoms with E-state index in [-0.39, 0.29) is 12.1 Å². The van der Waals surface area contributed by atoms with Gasteiger partial charge in [0.15, 0.2) is 5.11 Å². The zero-order valence-electron chi connectivity index (χ0n) is 15.1. The molecule has 2 aromatic rings. The summed E-state index contributed by atoms with van der Waals surface area (Å²) in [4.78, 5) is 6.88. The fraction of sp³-hybridized carbons (Fsp3) is 0.474. The van der Waals surface area contributed by atoms with Crippen LogP contribution in [0, 0.1) is 5.92 Å². The van der Waals surface area contributed by atoms with Gasteiger partial charge in [0.25, 0.3) is 0 Å². The Labute approximate surface area is 155 Å². The third-order valence-corrected chi connectivity index (χ3v) is 4.82. The van der Waals surface area contributed by atoms with Crippen molar-refractivity contribution in [2.75, 3.05) is 20.3 Å². The van der Waals surface area contributed by atoms with E-state index in [0.717, 1.165) is 23.9 Å². The number of methoxy groups -OCH3 is 1. The third-order valence-electron chi connectivity index (χ3n) is 4.46. The molecule has 3 heterocycles. The fourth-order valence-electron chi connectivity index (χ4n) is 3.41. The van der Waals surface area contributed by atoms with E-state index in [4.69, 9.17) is 17.0 Å². The highest BCUT2D eigenvalue weighted by Gasteiger charge is 2.41. The first-order valence-corrected chi connectivity index (χ1v) is 9.14. The summed E-state index contributed by atoms with van der Waals surface area (Å²) in [6, 6.07) is 10.5. The van der Waals surface area contributed by atoms with Crippen LogP contribution in [0.5, 0.6) is 0 Å². The molecule has 5 nitrogen and oxygen atoms in total. The van der Waals surface area contributed by atoms with E-state index in [0.29, 0.717) is 12.5 Å². The normalized spacial score (nSPS) is 20.3. The number of aromatic nitrogens is 2. The smallest absolute Gasteiger partial charge is 0.170 e. The van der Waals surface area contributed by atoms with Gasteiger partial charge in [-0.05, 0) is 42.4 Å². The molecule has 0 aromatic carbocycles. The minimum atomic E-state index is 0.0450. The summed E-state index contributed by atoms with van der Waals surface area (Å²) >= 11 is 5.67. The molecule has 6 heteroatoms. The van der Waals surface area contributed by atoms with Crippen LogP contribution in [0.2, 0.25) is 0 Å². The number of nitrogens with one attached hydrogen (secondary N) is 1. The van der Waals surface area contributed by atoms with Crippen molar-refractivity contribution in [1.29, 1.82) is 0 Å². The zero-order chi connectivity index (χ0) is 17.8. The standard InChI is InChI=1S/C19H26N4OS/c1-14(2)13-23-18(16-8-6-10-22(16)11-12-24-3)17(21-19(23)25)15-7-4-5-9-20-15/h4-10,14,17-18H,11-13H2,1-3H3,(H,21,25)/t17-,18+/m0/s1. The van der Waals surface area contributed by atoms with Gasteiger partial charge in [0.05, 0.1) is 24.4 Å². The molecule has 2 aromatic heterocycles. The minimum Gasteiger partial charge on any atom is -0.383 e. The SMILES string of the molecule is COCCn1cccc1[C@@H]1[C@H](c2ccccn2)NC(=S)N1CC(C)C. The molecule has 134 valence electrons. The molecular weight excluding hydrogens is 332 g/mol. The number of thiocarbonyl (C=S) groups is 1. The quantitative estimate of drug-likeness (QED) is 0.770. The maximum absolute atomic E-state index is 5.67.